The van der Waals surface area contributed by atoms with E-state index in [1.807, 2.05) is 6.07 Å². The second-order valence-corrected chi connectivity index (χ2v) is 6.90. The molecule has 1 amide bonds. The van der Waals surface area contributed by atoms with Crippen molar-refractivity contribution in [2.24, 2.45) is 0 Å². The molecule has 1 aromatic carbocycles. The van der Waals surface area contributed by atoms with Crippen LogP contribution in [0.25, 0.3) is 0 Å². The molecule has 0 aromatic heterocycles. The van der Waals surface area contributed by atoms with E-state index in [1.165, 1.54) is 16.4 Å². The molecule has 2 N–H and O–H groups in total. The second-order valence-electron chi connectivity index (χ2n) is 5.01. The zero-order valence-electron chi connectivity index (χ0n) is 11.2. The summed E-state index contributed by atoms with van der Waals surface area (Å²) < 4.78 is 26.6. The molecule has 1 fully saturated rings. The lowest BCUT2D eigenvalue weighted by Crippen LogP contribution is -2.52. The van der Waals surface area contributed by atoms with Crippen molar-refractivity contribution < 1.29 is 13.2 Å². The van der Waals surface area contributed by atoms with Crippen LogP contribution < -0.4 is 10.6 Å². The third kappa shape index (κ3) is 2.40. The number of amides is 1. The van der Waals surface area contributed by atoms with E-state index in [4.69, 9.17) is 5.26 Å². The zero-order chi connectivity index (χ0) is 15.0. The molecule has 21 heavy (non-hydrogen) atoms. The number of nitrogens with zero attached hydrogens (tertiary/aromatic N) is 2. The topological polar surface area (TPSA) is 102 Å². The first-order valence-corrected chi connectivity index (χ1v) is 8.01. The Balaban J connectivity index is 1.97. The summed E-state index contributed by atoms with van der Waals surface area (Å²) in [6.45, 7) is 1.10. The number of benzene rings is 1. The first-order valence-electron chi connectivity index (χ1n) is 6.57. The van der Waals surface area contributed by atoms with Crippen molar-refractivity contribution in [3.63, 3.8) is 0 Å². The molecule has 0 aliphatic carbocycles. The highest BCUT2D eigenvalue weighted by Gasteiger charge is 2.34. The van der Waals surface area contributed by atoms with Crippen LogP contribution in [0.4, 0.5) is 5.69 Å². The number of fused-ring (bicyclic) bond motifs is 1. The third-order valence-electron chi connectivity index (χ3n) is 3.65. The van der Waals surface area contributed by atoms with Gasteiger partial charge in [0.2, 0.25) is 15.9 Å². The highest BCUT2D eigenvalue weighted by molar-refractivity contribution is 7.89. The molecule has 0 radical (unpaired) electrons. The SMILES string of the molecule is N#CC1CNCCN1S(=O)(=O)c1ccc2c(c1)CC(=O)N2. The fraction of sp³-hybridized carbons (Fsp3) is 0.385. The van der Waals surface area contributed by atoms with Crippen molar-refractivity contribution in [1.82, 2.24) is 9.62 Å². The van der Waals surface area contributed by atoms with Crippen LogP contribution in [-0.4, -0.2) is 44.3 Å². The first kappa shape index (κ1) is 14.0. The Morgan fingerprint density at radius 3 is 2.95 bits per heavy atom. The minimum atomic E-state index is -3.73. The number of carbonyl (C=O) groups excluding carboxylic acids is 1. The van der Waals surface area contributed by atoms with E-state index in [0.29, 0.717) is 24.3 Å². The molecule has 7 nitrogen and oxygen atoms in total. The van der Waals surface area contributed by atoms with Gasteiger partial charge in [0.25, 0.3) is 0 Å². The fourth-order valence-electron chi connectivity index (χ4n) is 2.58. The highest BCUT2D eigenvalue weighted by atomic mass is 32.2. The lowest BCUT2D eigenvalue weighted by Gasteiger charge is -2.31. The summed E-state index contributed by atoms with van der Waals surface area (Å²) in [5.74, 6) is -0.142. The van der Waals surface area contributed by atoms with E-state index in [9.17, 15) is 13.2 Å². The molecule has 2 heterocycles. The number of hydrogen-bond donors (Lipinski definition) is 2. The van der Waals surface area contributed by atoms with E-state index in [1.54, 1.807) is 6.07 Å². The predicted molar refractivity (Wildman–Crippen MR) is 74.9 cm³/mol. The summed E-state index contributed by atoms with van der Waals surface area (Å²) in [4.78, 5) is 11.5. The van der Waals surface area contributed by atoms with Crippen LogP contribution in [-0.2, 0) is 21.2 Å². The van der Waals surface area contributed by atoms with Gasteiger partial charge in [-0.15, -0.1) is 0 Å². The van der Waals surface area contributed by atoms with E-state index in [-0.39, 0.29) is 23.8 Å². The second kappa shape index (κ2) is 5.11. The van der Waals surface area contributed by atoms with Gasteiger partial charge in [0.1, 0.15) is 6.04 Å². The van der Waals surface area contributed by atoms with Crippen LogP contribution in [0.2, 0.25) is 0 Å². The first-order chi connectivity index (χ1) is 10.0. The van der Waals surface area contributed by atoms with Crippen molar-refractivity contribution in [3.05, 3.63) is 23.8 Å². The van der Waals surface area contributed by atoms with Crippen LogP contribution in [0.5, 0.6) is 0 Å². The Kier molecular flexibility index (Phi) is 3.41. The standard InChI is InChI=1S/C13H14N4O3S/c14-7-10-8-15-3-4-17(10)21(19,20)11-1-2-12-9(5-11)6-13(18)16-12/h1-2,5,10,15H,3-4,6,8H2,(H,16,18). The number of carbonyl (C=O) groups is 1. The zero-order valence-corrected chi connectivity index (χ0v) is 12.0. The van der Waals surface area contributed by atoms with Crippen LogP contribution in [0.15, 0.2) is 23.1 Å². The maximum absolute atomic E-state index is 12.7. The van der Waals surface area contributed by atoms with Gasteiger partial charge in [-0.05, 0) is 23.8 Å². The van der Waals surface area contributed by atoms with E-state index < -0.39 is 16.1 Å². The van der Waals surface area contributed by atoms with Gasteiger partial charge in [0.15, 0.2) is 0 Å². The number of sulfonamides is 1. The monoisotopic (exact) mass is 306 g/mol. The Bertz CT molecular complexity index is 738. The predicted octanol–water partition coefficient (Wildman–Crippen LogP) is -0.333. The molecule has 3 rings (SSSR count). The van der Waals surface area contributed by atoms with E-state index >= 15 is 0 Å². The summed E-state index contributed by atoms with van der Waals surface area (Å²) in [6.07, 6.45) is 0.182. The van der Waals surface area contributed by atoms with Gasteiger partial charge in [0, 0.05) is 25.3 Å². The Morgan fingerprint density at radius 2 is 2.19 bits per heavy atom. The van der Waals surface area contributed by atoms with Gasteiger partial charge in [-0.25, -0.2) is 8.42 Å². The van der Waals surface area contributed by atoms with Crippen LogP contribution in [0.3, 0.4) is 0 Å². The molecule has 8 heteroatoms. The largest absolute Gasteiger partial charge is 0.326 e. The summed E-state index contributed by atoms with van der Waals surface area (Å²) in [5.41, 5.74) is 1.32. The van der Waals surface area contributed by atoms with Crippen LogP contribution in [0, 0.1) is 11.3 Å². The molecule has 0 spiro atoms. The smallest absolute Gasteiger partial charge is 0.244 e. The summed E-state index contributed by atoms with van der Waals surface area (Å²) >= 11 is 0. The minimum Gasteiger partial charge on any atom is -0.326 e. The lowest BCUT2D eigenvalue weighted by atomic mass is 10.2. The van der Waals surface area contributed by atoms with Crippen molar-refractivity contribution in [1.29, 1.82) is 5.26 Å². The summed E-state index contributed by atoms with van der Waals surface area (Å²) in [5, 5.41) is 14.8. The van der Waals surface area contributed by atoms with Crippen LogP contribution >= 0.6 is 0 Å². The number of anilines is 1. The van der Waals surface area contributed by atoms with Gasteiger partial charge >= 0.3 is 0 Å². The van der Waals surface area contributed by atoms with Gasteiger partial charge in [-0.2, -0.15) is 9.57 Å². The van der Waals surface area contributed by atoms with E-state index in [0.717, 1.165) is 0 Å². The highest BCUT2D eigenvalue weighted by Crippen LogP contribution is 2.28. The van der Waals surface area contributed by atoms with Crippen molar-refractivity contribution in [2.45, 2.75) is 17.4 Å². The molecular formula is C13H14N4O3S. The maximum atomic E-state index is 12.7. The molecule has 0 saturated carbocycles. The molecular weight excluding hydrogens is 292 g/mol. The number of hydrogen-bond acceptors (Lipinski definition) is 5. The van der Waals surface area contributed by atoms with Gasteiger partial charge in [-0.1, -0.05) is 0 Å². The molecule has 1 saturated heterocycles. The lowest BCUT2D eigenvalue weighted by molar-refractivity contribution is -0.115. The summed E-state index contributed by atoms with van der Waals surface area (Å²) in [7, 11) is -3.73. The van der Waals surface area contributed by atoms with Crippen molar-refractivity contribution in [3.8, 4) is 6.07 Å². The molecule has 0 bridgehead atoms. The van der Waals surface area contributed by atoms with Gasteiger partial charge < -0.3 is 10.6 Å². The van der Waals surface area contributed by atoms with Crippen molar-refractivity contribution >= 4 is 21.6 Å². The van der Waals surface area contributed by atoms with Gasteiger partial charge in [0.05, 0.1) is 17.4 Å². The maximum Gasteiger partial charge on any atom is 0.244 e. The normalized spacial score (nSPS) is 22.4. The molecule has 2 aliphatic rings. The van der Waals surface area contributed by atoms with Crippen molar-refractivity contribution in [2.75, 3.05) is 25.0 Å². The molecule has 110 valence electrons. The quantitative estimate of drug-likeness (QED) is 0.779. The average Bonchev–Trinajstić information content (AvgIpc) is 2.86. The number of rotatable bonds is 2. The Labute approximate surface area is 122 Å². The Morgan fingerprint density at radius 1 is 1.38 bits per heavy atom. The fourth-order valence-corrected chi connectivity index (χ4v) is 4.18. The molecule has 2 aliphatic heterocycles. The molecule has 1 unspecified atom stereocenters. The summed E-state index contributed by atoms with van der Waals surface area (Å²) in [6, 6.07) is 5.87. The number of nitrogens with one attached hydrogen (secondary N) is 2. The number of piperazine rings is 1. The average molecular weight is 306 g/mol. The Hall–Kier alpha value is -1.95. The van der Waals surface area contributed by atoms with Crippen LogP contribution in [0.1, 0.15) is 5.56 Å². The third-order valence-corrected chi connectivity index (χ3v) is 5.56. The number of nitriles is 1. The molecule has 1 aromatic rings. The van der Waals surface area contributed by atoms with Gasteiger partial charge in [-0.3, -0.25) is 4.79 Å². The molecule has 1 atom stereocenters. The van der Waals surface area contributed by atoms with E-state index in [2.05, 4.69) is 10.6 Å². The minimum absolute atomic E-state index is 0.125.